The maximum absolute atomic E-state index is 13.8. The van der Waals surface area contributed by atoms with Crippen molar-refractivity contribution < 1.29 is 13.7 Å². The van der Waals surface area contributed by atoms with Crippen molar-refractivity contribution in [3.8, 4) is 17.1 Å². The van der Waals surface area contributed by atoms with Gasteiger partial charge in [0.05, 0.1) is 16.9 Å². The van der Waals surface area contributed by atoms with Crippen LogP contribution in [-0.2, 0) is 4.57 Å². The van der Waals surface area contributed by atoms with Gasteiger partial charge in [-0.1, -0.05) is 47.5 Å². The fourth-order valence-corrected chi connectivity index (χ4v) is 4.29. The highest BCUT2D eigenvalue weighted by Crippen LogP contribution is 2.37. The van der Waals surface area contributed by atoms with Crippen LogP contribution in [0.15, 0.2) is 42.6 Å². The molecule has 1 atom stereocenters. The van der Waals surface area contributed by atoms with Crippen LogP contribution in [0.25, 0.3) is 11.3 Å². The van der Waals surface area contributed by atoms with Crippen LogP contribution in [0.1, 0.15) is 18.6 Å². The van der Waals surface area contributed by atoms with Gasteiger partial charge in [-0.2, -0.15) is 0 Å². The molecule has 1 unspecified atom stereocenters. The summed E-state index contributed by atoms with van der Waals surface area (Å²) in [6.07, 6.45) is 0.799. The highest BCUT2D eigenvalue weighted by molar-refractivity contribution is 7.70. The second-order valence-corrected chi connectivity index (χ2v) is 10.9. The number of hydrogen-bond acceptors (Lipinski definition) is 5. The Balaban J connectivity index is 1.92. The normalized spacial score (nSPS) is 12.6. The van der Waals surface area contributed by atoms with Crippen LogP contribution in [0.3, 0.4) is 0 Å². The molecule has 0 amide bonds. The van der Waals surface area contributed by atoms with Crippen molar-refractivity contribution in [2.75, 3.05) is 19.1 Å². The van der Waals surface area contributed by atoms with Crippen molar-refractivity contribution in [3.63, 3.8) is 0 Å². The summed E-state index contributed by atoms with van der Waals surface area (Å²) < 4.78 is 31.8. The zero-order valence-corrected chi connectivity index (χ0v) is 18.4. The third-order valence-corrected chi connectivity index (χ3v) is 6.58. The van der Waals surface area contributed by atoms with Gasteiger partial charge in [0, 0.05) is 21.5 Å². The third kappa shape index (κ3) is 4.72. The van der Waals surface area contributed by atoms with Gasteiger partial charge in [-0.25, -0.2) is 14.4 Å². The number of rotatable bonds is 5. The Morgan fingerprint density at radius 1 is 1.14 bits per heavy atom. The van der Waals surface area contributed by atoms with Crippen LogP contribution < -0.4 is 15.8 Å². The Labute approximate surface area is 178 Å². The van der Waals surface area contributed by atoms with E-state index < -0.39 is 19.1 Å². The monoisotopic (exact) mass is 453 g/mol. The molecular weight excluding hydrogens is 435 g/mol. The lowest BCUT2D eigenvalue weighted by molar-refractivity contribution is 0.218. The van der Waals surface area contributed by atoms with Crippen molar-refractivity contribution in [2.45, 2.75) is 13.0 Å². The molecule has 0 aliphatic heterocycles. The van der Waals surface area contributed by atoms with Gasteiger partial charge in [-0.15, -0.1) is 0 Å². The van der Waals surface area contributed by atoms with Gasteiger partial charge in [0.15, 0.2) is 5.82 Å². The molecule has 3 aromatic rings. The number of anilines is 1. The van der Waals surface area contributed by atoms with E-state index in [1.54, 1.807) is 32.4 Å². The molecule has 0 fully saturated rings. The summed E-state index contributed by atoms with van der Waals surface area (Å²) in [6.45, 7) is 5.08. The molecule has 1 aromatic heterocycles. The van der Waals surface area contributed by atoms with E-state index in [0.29, 0.717) is 11.3 Å². The summed E-state index contributed by atoms with van der Waals surface area (Å²) in [5, 5.41) is 0.919. The predicted molar refractivity (Wildman–Crippen MR) is 116 cm³/mol. The van der Waals surface area contributed by atoms with E-state index in [4.69, 9.17) is 33.7 Å². The summed E-state index contributed by atoms with van der Waals surface area (Å²) in [6, 6.07) is 9.80. The van der Waals surface area contributed by atoms with Gasteiger partial charge < -0.3 is 15.0 Å². The highest BCUT2D eigenvalue weighted by atomic mass is 35.5. The van der Waals surface area contributed by atoms with Crippen LogP contribution >= 0.6 is 30.3 Å². The molecule has 0 saturated carbocycles. The first-order valence-corrected chi connectivity index (χ1v) is 12.0. The summed E-state index contributed by atoms with van der Waals surface area (Å²) in [7, 11) is -2.35. The molecule has 29 heavy (non-hydrogen) atoms. The Hall–Kier alpha value is -2.14. The van der Waals surface area contributed by atoms with Gasteiger partial charge >= 0.3 is 0 Å². The number of nitrogens with zero attached hydrogens (tertiary/aromatic N) is 2. The number of ether oxygens (including phenoxy) is 1. The minimum atomic E-state index is -2.35. The van der Waals surface area contributed by atoms with Crippen LogP contribution in [0.2, 0.25) is 10.0 Å². The summed E-state index contributed by atoms with van der Waals surface area (Å²) in [5.41, 5.74) is 7.48. The molecule has 2 aromatic carbocycles. The number of nitrogens with two attached hydrogens (primary N) is 1. The fourth-order valence-electron chi connectivity index (χ4n) is 2.74. The number of benzene rings is 2. The Kier molecular flexibility index (Phi) is 6.18. The van der Waals surface area contributed by atoms with E-state index in [1.165, 1.54) is 18.3 Å². The van der Waals surface area contributed by atoms with Crippen molar-refractivity contribution >= 4 is 41.5 Å². The molecule has 0 spiro atoms. The minimum Gasteiger partial charge on any atom is -0.467 e. The van der Waals surface area contributed by atoms with E-state index in [-0.39, 0.29) is 21.7 Å². The van der Waals surface area contributed by atoms with E-state index in [9.17, 15) is 8.96 Å². The number of aromatic nitrogens is 2. The lowest BCUT2D eigenvalue weighted by Crippen LogP contribution is -2.10. The number of nitrogen functional groups attached to an aromatic ring is 1. The standard InChI is InChI=1S/C20H19Cl2FN3O2P/c1-11(17-14(21)8-9-15(23)18(17)22)28-20-19(24)25-10-16(26-20)12-4-6-13(7-5-12)29(2,3)27/h4-11H,1-3H3,(H2,24,25). The van der Waals surface area contributed by atoms with E-state index in [0.717, 1.165) is 10.9 Å². The van der Waals surface area contributed by atoms with Crippen molar-refractivity contribution in [1.29, 1.82) is 0 Å². The lowest BCUT2D eigenvalue weighted by atomic mass is 10.1. The zero-order valence-electron chi connectivity index (χ0n) is 16.0. The minimum absolute atomic E-state index is 0.0760. The Morgan fingerprint density at radius 2 is 1.79 bits per heavy atom. The summed E-state index contributed by atoms with van der Waals surface area (Å²) in [5.74, 6) is -0.446. The average Bonchev–Trinajstić information content (AvgIpc) is 2.66. The molecule has 0 bridgehead atoms. The first-order chi connectivity index (χ1) is 13.6. The van der Waals surface area contributed by atoms with Crippen LogP contribution in [0.5, 0.6) is 5.88 Å². The van der Waals surface area contributed by atoms with Crippen LogP contribution in [0, 0.1) is 5.82 Å². The van der Waals surface area contributed by atoms with Gasteiger partial charge in [0.1, 0.15) is 19.1 Å². The molecule has 5 nitrogen and oxygen atoms in total. The molecular formula is C20H19Cl2FN3O2P. The maximum atomic E-state index is 13.8. The number of halogens is 3. The molecule has 0 radical (unpaired) electrons. The Bertz CT molecular complexity index is 1100. The molecule has 0 saturated heterocycles. The topological polar surface area (TPSA) is 78.1 Å². The first kappa shape index (κ1) is 21.6. The number of hydrogen-bond donors (Lipinski definition) is 1. The maximum Gasteiger partial charge on any atom is 0.258 e. The fraction of sp³-hybridized carbons (Fsp3) is 0.200. The van der Waals surface area contributed by atoms with Crippen molar-refractivity contribution in [1.82, 2.24) is 9.97 Å². The van der Waals surface area contributed by atoms with E-state index in [1.807, 2.05) is 12.1 Å². The van der Waals surface area contributed by atoms with Crippen LogP contribution in [0.4, 0.5) is 10.2 Å². The van der Waals surface area contributed by atoms with Gasteiger partial charge in [-0.05, 0) is 32.4 Å². The smallest absolute Gasteiger partial charge is 0.258 e. The zero-order chi connectivity index (χ0) is 21.3. The predicted octanol–water partition coefficient (Wildman–Crippen LogP) is 5.56. The SMILES string of the molecule is CC(Oc1nc(-c2ccc(P(C)(C)=O)cc2)cnc1N)c1c(Cl)ccc(F)c1Cl. The molecule has 9 heteroatoms. The molecule has 3 rings (SSSR count). The van der Waals surface area contributed by atoms with Gasteiger partial charge in [-0.3, -0.25) is 0 Å². The quantitative estimate of drug-likeness (QED) is 0.404. The lowest BCUT2D eigenvalue weighted by Gasteiger charge is -2.18. The van der Waals surface area contributed by atoms with Gasteiger partial charge in [0.25, 0.3) is 5.88 Å². The first-order valence-electron chi connectivity index (χ1n) is 8.66. The molecule has 152 valence electrons. The molecule has 2 N–H and O–H groups in total. The van der Waals surface area contributed by atoms with Crippen LogP contribution in [-0.4, -0.2) is 23.3 Å². The second kappa shape index (κ2) is 8.31. The summed E-state index contributed by atoms with van der Waals surface area (Å²) >= 11 is 12.2. The summed E-state index contributed by atoms with van der Waals surface area (Å²) in [4.78, 5) is 8.55. The molecule has 0 aliphatic rings. The van der Waals surface area contributed by atoms with E-state index in [2.05, 4.69) is 9.97 Å². The molecule has 1 heterocycles. The Morgan fingerprint density at radius 3 is 2.41 bits per heavy atom. The average molecular weight is 454 g/mol. The third-order valence-electron chi connectivity index (χ3n) is 4.33. The van der Waals surface area contributed by atoms with E-state index >= 15 is 0 Å². The second-order valence-electron chi connectivity index (χ2n) is 6.86. The van der Waals surface area contributed by atoms with Gasteiger partial charge in [0.2, 0.25) is 0 Å². The molecule has 0 aliphatic carbocycles. The largest absolute Gasteiger partial charge is 0.467 e. The highest BCUT2D eigenvalue weighted by Gasteiger charge is 2.21. The van der Waals surface area contributed by atoms with Crippen molar-refractivity contribution in [3.05, 3.63) is 64.0 Å². The van der Waals surface area contributed by atoms with Crippen molar-refractivity contribution in [2.24, 2.45) is 0 Å².